The average molecular weight is 283 g/mol. The zero-order valence-corrected chi connectivity index (χ0v) is 10.6. The quantitative estimate of drug-likeness (QED) is 0.509. The van der Waals surface area contributed by atoms with E-state index in [9.17, 15) is 15.2 Å². The van der Waals surface area contributed by atoms with Gasteiger partial charge >= 0.3 is 0 Å². The maximum Gasteiger partial charge on any atom is 0.270 e. The van der Waals surface area contributed by atoms with Gasteiger partial charge < -0.3 is 5.11 Å². The lowest BCUT2D eigenvalue weighted by Crippen LogP contribution is -2.17. The molecule has 8 heteroatoms. The minimum atomic E-state index is -0.707. The Balaban J connectivity index is 2.22. The summed E-state index contributed by atoms with van der Waals surface area (Å²) in [6.45, 7) is 0.228. The maximum atomic E-state index is 10.7. The number of rotatable bonds is 5. The van der Waals surface area contributed by atoms with Crippen LogP contribution in [-0.4, -0.2) is 36.8 Å². The lowest BCUT2D eigenvalue weighted by atomic mass is 10.2. The standard InChI is InChI=1S/C11H11ClN4O3/c12-5-10(17)6-15-7-13-11(14-15)8-2-1-3-9(4-8)16(18)19/h1-4,7,10,17H,5-6H2. The molecule has 100 valence electrons. The summed E-state index contributed by atoms with van der Waals surface area (Å²) in [6, 6.07) is 6.06. The van der Waals surface area contributed by atoms with E-state index in [-0.39, 0.29) is 18.1 Å². The minimum absolute atomic E-state index is 0.0188. The molecule has 1 aromatic carbocycles. The predicted octanol–water partition coefficient (Wildman–Crippen LogP) is 1.45. The minimum Gasteiger partial charge on any atom is -0.390 e. The van der Waals surface area contributed by atoms with Crippen LogP contribution in [0.1, 0.15) is 0 Å². The first-order valence-electron chi connectivity index (χ1n) is 5.48. The molecule has 7 nitrogen and oxygen atoms in total. The summed E-state index contributed by atoms with van der Waals surface area (Å²) < 4.78 is 1.45. The van der Waals surface area contributed by atoms with Crippen LogP contribution in [0.25, 0.3) is 11.4 Å². The first-order valence-corrected chi connectivity index (χ1v) is 6.02. The predicted molar refractivity (Wildman–Crippen MR) is 68.8 cm³/mol. The second-order valence-corrected chi connectivity index (χ2v) is 4.21. The smallest absolute Gasteiger partial charge is 0.270 e. The molecule has 0 aliphatic rings. The number of hydrogen-bond donors (Lipinski definition) is 1. The second-order valence-electron chi connectivity index (χ2n) is 3.91. The average Bonchev–Trinajstić information content (AvgIpc) is 2.87. The molecule has 0 aliphatic heterocycles. The number of aliphatic hydroxyl groups excluding tert-OH is 1. The first-order chi connectivity index (χ1) is 9.10. The Labute approximate surface area is 113 Å². The number of benzene rings is 1. The van der Waals surface area contributed by atoms with Gasteiger partial charge in [0, 0.05) is 17.7 Å². The summed E-state index contributed by atoms with van der Waals surface area (Å²) in [5.74, 6) is 0.469. The zero-order chi connectivity index (χ0) is 13.8. The van der Waals surface area contributed by atoms with Crippen LogP contribution in [0, 0.1) is 10.1 Å². The van der Waals surface area contributed by atoms with Gasteiger partial charge in [-0.1, -0.05) is 12.1 Å². The molecule has 0 aliphatic carbocycles. The molecule has 1 unspecified atom stereocenters. The molecule has 0 saturated heterocycles. The highest BCUT2D eigenvalue weighted by Gasteiger charge is 2.11. The van der Waals surface area contributed by atoms with Crippen molar-refractivity contribution in [3.63, 3.8) is 0 Å². The third-order valence-electron chi connectivity index (χ3n) is 2.43. The van der Waals surface area contributed by atoms with Crippen molar-refractivity contribution in [1.82, 2.24) is 14.8 Å². The molecule has 2 aromatic rings. The fourth-order valence-corrected chi connectivity index (χ4v) is 1.64. The van der Waals surface area contributed by atoms with E-state index in [4.69, 9.17) is 11.6 Å². The van der Waals surface area contributed by atoms with Crippen LogP contribution in [-0.2, 0) is 6.54 Å². The molecule has 0 bridgehead atoms. The molecule has 1 heterocycles. The van der Waals surface area contributed by atoms with E-state index in [0.29, 0.717) is 11.4 Å². The number of hydrogen-bond acceptors (Lipinski definition) is 5. The summed E-state index contributed by atoms with van der Waals surface area (Å²) in [4.78, 5) is 14.3. The summed E-state index contributed by atoms with van der Waals surface area (Å²) in [7, 11) is 0. The van der Waals surface area contributed by atoms with Gasteiger partial charge in [-0.2, -0.15) is 5.10 Å². The Bertz CT molecular complexity index is 587. The van der Waals surface area contributed by atoms with Gasteiger partial charge in [0.05, 0.1) is 23.5 Å². The highest BCUT2D eigenvalue weighted by molar-refractivity contribution is 6.18. The molecule has 0 fully saturated rings. The summed E-state index contributed by atoms with van der Waals surface area (Å²) in [5, 5.41) is 24.2. The lowest BCUT2D eigenvalue weighted by molar-refractivity contribution is -0.384. The van der Waals surface area contributed by atoms with Crippen LogP contribution in [0.4, 0.5) is 5.69 Å². The molecule has 19 heavy (non-hydrogen) atoms. The second kappa shape index (κ2) is 5.77. The van der Waals surface area contributed by atoms with Crippen LogP contribution >= 0.6 is 11.6 Å². The van der Waals surface area contributed by atoms with Crippen molar-refractivity contribution in [3.8, 4) is 11.4 Å². The van der Waals surface area contributed by atoms with Gasteiger partial charge in [0.1, 0.15) is 6.33 Å². The molecule has 1 aromatic heterocycles. The Morgan fingerprint density at radius 2 is 2.32 bits per heavy atom. The molecule has 2 rings (SSSR count). The molecule has 0 saturated carbocycles. The van der Waals surface area contributed by atoms with Gasteiger partial charge in [-0.25, -0.2) is 9.67 Å². The molecule has 0 spiro atoms. The number of aromatic nitrogens is 3. The van der Waals surface area contributed by atoms with Crippen LogP contribution in [0.5, 0.6) is 0 Å². The fourth-order valence-electron chi connectivity index (χ4n) is 1.54. The number of nitro groups is 1. The first kappa shape index (κ1) is 13.4. The largest absolute Gasteiger partial charge is 0.390 e. The number of nitro benzene ring substituents is 1. The Kier molecular flexibility index (Phi) is 4.08. The number of halogens is 1. The Morgan fingerprint density at radius 1 is 1.53 bits per heavy atom. The van der Waals surface area contributed by atoms with E-state index in [0.717, 1.165) is 0 Å². The highest BCUT2D eigenvalue weighted by atomic mass is 35.5. The van der Waals surface area contributed by atoms with Crippen molar-refractivity contribution in [2.75, 3.05) is 5.88 Å². The van der Waals surface area contributed by atoms with E-state index >= 15 is 0 Å². The number of alkyl halides is 1. The van der Waals surface area contributed by atoms with Crippen molar-refractivity contribution < 1.29 is 10.0 Å². The van der Waals surface area contributed by atoms with E-state index in [1.165, 1.54) is 23.1 Å². The zero-order valence-electron chi connectivity index (χ0n) is 9.81. The van der Waals surface area contributed by atoms with E-state index in [1.807, 2.05) is 0 Å². The van der Waals surface area contributed by atoms with E-state index in [2.05, 4.69) is 10.1 Å². The topological polar surface area (TPSA) is 94.1 Å². The van der Waals surface area contributed by atoms with Gasteiger partial charge in [-0.15, -0.1) is 11.6 Å². The van der Waals surface area contributed by atoms with Crippen molar-refractivity contribution in [3.05, 3.63) is 40.7 Å². The highest BCUT2D eigenvalue weighted by Crippen LogP contribution is 2.20. The van der Waals surface area contributed by atoms with Gasteiger partial charge in [0.25, 0.3) is 5.69 Å². The SMILES string of the molecule is O=[N+]([O-])c1cccc(-c2ncn(CC(O)CCl)n2)c1. The van der Waals surface area contributed by atoms with Gasteiger partial charge in [-0.3, -0.25) is 10.1 Å². The van der Waals surface area contributed by atoms with Crippen LogP contribution < -0.4 is 0 Å². The molecular formula is C11H11ClN4O3. The van der Waals surface area contributed by atoms with Crippen molar-refractivity contribution >= 4 is 17.3 Å². The van der Waals surface area contributed by atoms with E-state index < -0.39 is 11.0 Å². The van der Waals surface area contributed by atoms with Crippen LogP contribution in [0.2, 0.25) is 0 Å². The van der Waals surface area contributed by atoms with Gasteiger partial charge in [0.15, 0.2) is 5.82 Å². The monoisotopic (exact) mass is 282 g/mol. The molecule has 0 radical (unpaired) electrons. The van der Waals surface area contributed by atoms with Gasteiger partial charge in [0.2, 0.25) is 0 Å². The molecule has 1 N–H and O–H groups in total. The van der Waals surface area contributed by atoms with Crippen LogP contribution in [0.15, 0.2) is 30.6 Å². The molecule has 0 amide bonds. The van der Waals surface area contributed by atoms with Gasteiger partial charge in [-0.05, 0) is 0 Å². The Hall–Kier alpha value is -1.99. The normalized spacial score (nSPS) is 12.3. The van der Waals surface area contributed by atoms with Crippen molar-refractivity contribution in [2.45, 2.75) is 12.6 Å². The summed E-state index contributed by atoms with van der Waals surface area (Å²) in [6.07, 6.45) is 0.741. The lowest BCUT2D eigenvalue weighted by Gasteiger charge is -2.04. The fraction of sp³-hybridized carbons (Fsp3) is 0.273. The molecular weight excluding hydrogens is 272 g/mol. The van der Waals surface area contributed by atoms with E-state index in [1.54, 1.807) is 12.1 Å². The van der Waals surface area contributed by atoms with Crippen molar-refractivity contribution in [1.29, 1.82) is 0 Å². The Morgan fingerprint density at radius 3 is 3.00 bits per heavy atom. The van der Waals surface area contributed by atoms with Crippen LogP contribution in [0.3, 0.4) is 0 Å². The van der Waals surface area contributed by atoms with Crippen molar-refractivity contribution in [2.24, 2.45) is 0 Å². The maximum absolute atomic E-state index is 10.7. The third-order valence-corrected chi connectivity index (χ3v) is 2.78. The summed E-state index contributed by atoms with van der Waals surface area (Å²) >= 11 is 5.49. The number of aliphatic hydroxyl groups is 1. The molecule has 1 atom stereocenters. The number of non-ortho nitro benzene ring substituents is 1. The third kappa shape index (κ3) is 3.27. The summed E-state index contributed by atoms with van der Waals surface area (Å²) in [5.41, 5.74) is 0.531. The number of nitrogens with zero attached hydrogens (tertiary/aromatic N) is 4.